The Labute approximate surface area is 120 Å². The average molecular weight is 294 g/mol. The lowest BCUT2D eigenvalue weighted by Crippen LogP contribution is -2.14. The summed E-state index contributed by atoms with van der Waals surface area (Å²) in [6.07, 6.45) is 0.209. The van der Waals surface area contributed by atoms with Gasteiger partial charge >= 0.3 is 0 Å². The number of aromatic hydroxyl groups is 1. The maximum absolute atomic E-state index is 11.8. The van der Waals surface area contributed by atoms with Crippen LogP contribution in [-0.4, -0.2) is 29.3 Å². The van der Waals surface area contributed by atoms with Gasteiger partial charge in [-0.25, -0.2) is 0 Å². The van der Waals surface area contributed by atoms with Crippen molar-refractivity contribution in [2.45, 2.75) is 6.42 Å². The number of hydrogen-bond donors (Lipinski definition) is 3. The Morgan fingerprint density at radius 3 is 2.60 bits per heavy atom. The van der Waals surface area contributed by atoms with E-state index in [1.807, 2.05) is 0 Å². The molecule has 3 N–H and O–H groups in total. The summed E-state index contributed by atoms with van der Waals surface area (Å²) in [5, 5.41) is 9.79. The second-order valence-corrected chi connectivity index (χ2v) is 4.50. The number of aromatic amines is 2. The second-order valence-electron chi connectivity index (χ2n) is 4.09. The SMILES string of the molecule is COc1ccc(Cc2c(O)[nH]c(=S)[nH]c2=O)c(OC)c1. The van der Waals surface area contributed by atoms with Gasteiger partial charge in [0.25, 0.3) is 5.56 Å². The Morgan fingerprint density at radius 1 is 1.25 bits per heavy atom. The Bertz CT molecular complexity index is 736. The number of aromatic nitrogens is 2. The van der Waals surface area contributed by atoms with Crippen LogP contribution in [0.5, 0.6) is 17.4 Å². The van der Waals surface area contributed by atoms with E-state index in [9.17, 15) is 9.90 Å². The molecule has 0 aliphatic heterocycles. The predicted molar refractivity (Wildman–Crippen MR) is 76.3 cm³/mol. The van der Waals surface area contributed by atoms with Gasteiger partial charge in [-0.3, -0.25) is 9.78 Å². The Balaban J connectivity index is 2.45. The maximum Gasteiger partial charge on any atom is 0.259 e. The van der Waals surface area contributed by atoms with Crippen LogP contribution < -0.4 is 15.0 Å². The van der Waals surface area contributed by atoms with E-state index in [4.69, 9.17) is 21.7 Å². The first-order chi connectivity index (χ1) is 9.55. The van der Waals surface area contributed by atoms with Crippen LogP contribution in [0.25, 0.3) is 0 Å². The molecule has 0 bridgehead atoms. The smallest absolute Gasteiger partial charge is 0.259 e. The quantitative estimate of drug-likeness (QED) is 0.748. The highest BCUT2D eigenvalue weighted by Crippen LogP contribution is 2.27. The van der Waals surface area contributed by atoms with Gasteiger partial charge < -0.3 is 19.6 Å². The highest BCUT2D eigenvalue weighted by atomic mass is 32.1. The third kappa shape index (κ3) is 2.83. The highest BCUT2D eigenvalue weighted by Gasteiger charge is 2.12. The van der Waals surface area contributed by atoms with E-state index in [2.05, 4.69) is 9.97 Å². The van der Waals surface area contributed by atoms with E-state index in [0.29, 0.717) is 11.5 Å². The van der Waals surface area contributed by atoms with Crippen LogP contribution >= 0.6 is 12.2 Å². The molecule has 0 radical (unpaired) electrons. The molecule has 1 aromatic heterocycles. The van der Waals surface area contributed by atoms with Crippen LogP contribution in [0.2, 0.25) is 0 Å². The van der Waals surface area contributed by atoms with Crippen molar-refractivity contribution >= 4 is 12.2 Å². The van der Waals surface area contributed by atoms with Crippen molar-refractivity contribution in [1.82, 2.24) is 9.97 Å². The zero-order chi connectivity index (χ0) is 14.7. The molecule has 0 atom stereocenters. The molecule has 0 saturated heterocycles. The van der Waals surface area contributed by atoms with Crippen LogP contribution in [0.3, 0.4) is 0 Å². The molecule has 0 saturated carbocycles. The summed E-state index contributed by atoms with van der Waals surface area (Å²) < 4.78 is 10.4. The minimum atomic E-state index is -0.427. The first-order valence-electron chi connectivity index (χ1n) is 5.80. The Hall–Kier alpha value is -2.28. The lowest BCUT2D eigenvalue weighted by molar-refractivity contribution is 0.391. The van der Waals surface area contributed by atoms with Crippen molar-refractivity contribution in [3.05, 3.63) is 44.5 Å². The summed E-state index contributed by atoms with van der Waals surface area (Å²) in [6, 6.07) is 5.25. The van der Waals surface area contributed by atoms with Gasteiger partial charge in [0, 0.05) is 12.5 Å². The number of rotatable bonds is 4. The second kappa shape index (κ2) is 5.79. The van der Waals surface area contributed by atoms with Gasteiger partial charge in [0.15, 0.2) is 10.7 Å². The van der Waals surface area contributed by atoms with Gasteiger partial charge in [-0.05, 0) is 23.8 Å². The summed E-state index contributed by atoms with van der Waals surface area (Å²) in [6.45, 7) is 0. The fourth-order valence-corrected chi connectivity index (χ4v) is 2.04. The van der Waals surface area contributed by atoms with Crippen molar-refractivity contribution in [2.75, 3.05) is 14.2 Å². The van der Waals surface area contributed by atoms with E-state index in [-0.39, 0.29) is 22.6 Å². The summed E-state index contributed by atoms with van der Waals surface area (Å²) >= 11 is 4.78. The van der Waals surface area contributed by atoms with E-state index in [0.717, 1.165) is 5.56 Å². The molecule has 20 heavy (non-hydrogen) atoms. The van der Waals surface area contributed by atoms with Gasteiger partial charge in [0.05, 0.1) is 19.8 Å². The molecule has 0 fully saturated rings. The Morgan fingerprint density at radius 2 is 2.00 bits per heavy atom. The molecule has 2 aromatic rings. The van der Waals surface area contributed by atoms with Crippen molar-refractivity contribution in [3.63, 3.8) is 0 Å². The number of methoxy groups -OCH3 is 2. The third-order valence-electron chi connectivity index (χ3n) is 2.88. The van der Waals surface area contributed by atoms with Crippen molar-refractivity contribution in [1.29, 1.82) is 0 Å². The lowest BCUT2D eigenvalue weighted by atomic mass is 10.1. The number of hydrogen-bond acceptors (Lipinski definition) is 5. The molecule has 0 aliphatic rings. The van der Waals surface area contributed by atoms with Gasteiger partial charge in [-0.1, -0.05) is 6.07 Å². The number of ether oxygens (including phenoxy) is 2. The van der Waals surface area contributed by atoms with Gasteiger partial charge in [0.1, 0.15) is 11.5 Å². The molecule has 6 nitrogen and oxygen atoms in total. The molecular formula is C13H14N2O4S. The first-order valence-corrected chi connectivity index (χ1v) is 6.21. The number of benzene rings is 1. The number of H-pyrrole nitrogens is 2. The molecule has 0 aliphatic carbocycles. The topological polar surface area (TPSA) is 87.3 Å². The van der Waals surface area contributed by atoms with Crippen molar-refractivity contribution < 1.29 is 14.6 Å². The van der Waals surface area contributed by atoms with Crippen LogP contribution in [0, 0.1) is 4.77 Å². The highest BCUT2D eigenvalue weighted by molar-refractivity contribution is 7.71. The molecule has 2 rings (SSSR count). The lowest BCUT2D eigenvalue weighted by Gasteiger charge is -2.10. The summed E-state index contributed by atoms with van der Waals surface area (Å²) in [4.78, 5) is 16.8. The molecule has 0 spiro atoms. The van der Waals surface area contributed by atoms with Gasteiger partial charge in [0.2, 0.25) is 0 Å². The van der Waals surface area contributed by atoms with Crippen molar-refractivity contribution in [3.8, 4) is 17.4 Å². The summed E-state index contributed by atoms with van der Waals surface area (Å²) in [5.41, 5.74) is 0.519. The predicted octanol–water partition coefficient (Wildman–Crippen LogP) is 1.75. The fraction of sp³-hybridized carbons (Fsp3) is 0.231. The van der Waals surface area contributed by atoms with Crippen LogP contribution in [-0.2, 0) is 6.42 Å². The molecule has 1 aromatic carbocycles. The summed E-state index contributed by atoms with van der Waals surface area (Å²) in [5.74, 6) is 0.985. The standard InChI is InChI=1S/C13H14N2O4S/c1-18-8-4-3-7(10(6-8)19-2)5-9-11(16)14-13(20)15-12(9)17/h3-4,6H,5H2,1-2H3,(H3,14,15,16,17,20). The first kappa shape index (κ1) is 14.1. The van der Waals surface area contributed by atoms with Gasteiger partial charge in [-0.15, -0.1) is 0 Å². The molecule has 1 heterocycles. The van der Waals surface area contributed by atoms with Crippen LogP contribution in [0.4, 0.5) is 0 Å². The molecule has 106 valence electrons. The molecular weight excluding hydrogens is 280 g/mol. The number of nitrogens with one attached hydrogen (secondary N) is 2. The zero-order valence-electron chi connectivity index (χ0n) is 11.0. The van der Waals surface area contributed by atoms with Crippen LogP contribution in [0.15, 0.2) is 23.0 Å². The molecule has 0 amide bonds. The normalized spacial score (nSPS) is 10.3. The maximum atomic E-state index is 11.8. The minimum Gasteiger partial charge on any atom is -0.497 e. The molecule has 0 unspecified atom stereocenters. The monoisotopic (exact) mass is 294 g/mol. The van der Waals surface area contributed by atoms with Crippen molar-refractivity contribution in [2.24, 2.45) is 0 Å². The van der Waals surface area contributed by atoms with E-state index in [1.54, 1.807) is 25.3 Å². The summed E-state index contributed by atoms with van der Waals surface area (Å²) in [7, 11) is 3.09. The fourth-order valence-electron chi connectivity index (χ4n) is 1.85. The van der Waals surface area contributed by atoms with E-state index in [1.165, 1.54) is 7.11 Å². The van der Waals surface area contributed by atoms with Crippen LogP contribution in [0.1, 0.15) is 11.1 Å². The van der Waals surface area contributed by atoms with E-state index < -0.39 is 5.56 Å². The minimum absolute atomic E-state index is 0.0814. The largest absolute Gasteiger partial charge is 0.497 e. The average Bonchev–Trinajstić information content (AvgIpc) is 2.42. The third-order valence-corrected chi connectivity index (χ3v) is 3.08. The Kier molecular flexibility index (Phi) is 4.09. The zero-order valence-corrected chi connectivity index (χ0v) is 11.8. The van der Waals surface area contributed by atoms with E-state index >= 15 is 0 Å². The molecule has 7 heteroatoms. The van der Waals surface area contributed by atoms with Gasteiger partial charge in [-0.2, -0.15) is 0 Å².